The highest BCUT2D eigenvalue weighted by Crippen LogP contribution is 2.25. The van der Waals surface area contributed by atoms with E-state index in [0.29, 0.717) is 5.02 Å². The van der Waals surface area contributed by atoms with Gasteiger partial charge in [0, 0.05) is 13.1 Å². The number of nitrogens with zero attached hydrogens (tertiary/aromatic N) is 3. The fourth-order valence-electron chi connectivity index (χ4n) is 3.53. The topological polar surface area (TPSA) is 38.2 Å². The molecule has 2 aromatic rings. The van der Waals surface area contributed by atoms with Crippen LogP contribution in [0.1, 0.15) is 42.4 Å². The first-order chi connectivity index (χ1) is 12.5. The number of hydrogen-bond acceptors (Lipinski definition) is 4. The van der Waals surface area contributed by atoms with Crippen molar-refractivity contribution in [3.8, 4) is 5.75 Å². The molecule has 0 spiro atoms. The Kier molecular flexibility index (Phi) is 6.36. The average Bonchev–Trinajstić information content (AvgIpc) is 2.64. The molecule has 1 fully saturated rings. The molecule has 2 heterocycles. The third-order valence-corrected chi connectivity index (χ3v) is 5.63. The van der Waals surface area contributed by atoms with Crippen molar-refractivity contribution < 1.29 is 4.74 Å². The second-order valence-corrected chi connectivity index (χ2v) is 7.74. The van der Waals surface area contributed by atoms with Crippen LogP contribution in [0.4, 0.5) is 5.95 Å². The van der Waals surface area contributed by atoms with Gasteiger partial charge in [0.25, 0.3) is 0 Å². The standard InChI is InChI=1S/C21H28ClN3O/c1-15-11-20(12-16(2)17(15)3)26-10-4-5-18-6-8-25(9-7-18)21-23-13-19(22)14-24-21/h11-14,18H,4-10H2,1-3H3. The van der Waals surface area contributed by atoms with E-state index in [4.69, 9.17) is 16.3 Å². The van der Waals surface area contributed by atoms with Crippen molar-refractivity contribution in [3.05, 3.63) is 46.2 Å². The lowest BCUT2D eigenvalue weighted by Crippen LogP contribution is -2.34. The van der Waals surface area contributed by atoms with Crippen LogP contribution in [0.25, 0.3) is 0 Å². The van der Waals surface area contributed by atoms with Crippen LogP contribution in [0.15, 0.2) is 24.5 Å². The number of aromatic nitrogens is 2. The summed E-state index contributed by atoms with van der Waals surface area (Å²) in [6.07, 6.45) is 8.04. The fourth-order valence-corrected chi connectivity index (χ4v) is 3.63. The maximum atomic E-state index is 5.97. The predicted molar refractivity (Wildman–Crippen MR) is 107 cm³/mol. The average molecular weight is 374 g/mol. The molecule has 1 aliphatic rings. The Labute approximate surface area is 161 Å². The molecule has 0 unspecified atom stereocenters. The van der Waals surface area contributed by atoms with Crippen molar-refractivity contribution >= 4 is 17.5 Å². The van der Waals surface area contributed by atoms with Crippen molar-refractivity contribution in [2.45, 2.75) is 46.5 Å². The van der Waals surface area contributed by atoms with Crippen molar-refractivity contribution in [3.63, 3.8) is 0 Å². The van der Waals surface area contributed by atoms with Crippen molar-refractivity contribution in [1.82, 2.24) is 9.97 Å². The van der Waals surface area contributed by atoms with Crippen LogP contribution in [0.3, 0.4) is 0 Å². The molecule has 0 amide bonds. The zero-order chi connectivity index (χ0) is 18.5. The summed E-state index contributed by atoms with van der Waals surface area (Å²) in [4.78, 5) is 10.9. The first-order valence-electron chi connectivity index (χ1n) is 9.46. The molecule has 0 radical (unpaired) electrons. The molecule has 0 N–H and O–H groups in total. The minimum Gasteiger partial charge on any atom is -0.494 e. The van der Waals surface area contributed by atoms with Crippen LogP contribution in [0.2, 0.25) is 5.02 Å². The quantitative estimate of drug-likeness (QED) is 0.658. The molecule has 0 aliphatic carbocycles. The summed E-state index contributed by atoms with van der Waals surface area (Å²) in [5, 5.41) is 0.586. The van der Waals surface area contributed by atoms with Gasteiger partial charge in [-0.1, -0.05) is 11.6 Å². The van der Waals surface area contributed by atoms with Gasteiger partial charge in [-0.3, -0.25) is 0 Å². The second-order valence-electron chi connectivity index (χ2n) is 7.30. The molecule has 0 bridgehead atoms. The van der Waals surface area contributed by atoms with E-state index in [1.807, 2.05) is 0 Å². The molecular formula is C21H28ClN3O. The van der Waals surface area contributed by atoms with Gasteiger partial charge in [0.15, 0.2) is 0 Å². The summed E-state index contributed by atoms with van der Waals surface area (Å²) in [5.74, 6) is 2.56. The highest BCUT2D eigenvalue weighted by Gasteiger charge is 2.20. The number of ether oxygens (including phenoxy) is 1. The van der Waals surface area contributed by atoms with E-state index in [0.717, 1.165) is 43.7 Å². The van der Waals surface area contributed by atoms with E-state index < -0.39 is 0 Å². The SMILES string of the molecule is Cc1cc(OCCCC2CCN(c3ncc(Cl)cn3)CC2)cc(C)c1C. The maximum Gasteiger partial charge on any atom is 0.225 e. The Morgan fingerprint density at radius 1 is 1.08 bits per heavy atom. The van der Waals surface area contributed by atoms with Crippen LogP contribution in [-0.2, 0) is 0 Å². The van der Waals surface area contributed by atoms with Gasteiger partial charge >= 0.3 is 0 Å². The molecule has 0 saturated carbocycles. The maximum absolute atomic E-state index is 5.97. The Balaban J connectivity index is 1.38. The van der Waals surface area contributed by atoms with Crippen molar-refractivity contribution in [2.75, 3.05) is 24.6 Å². The van der Waals surface area contributed by atoms with Gasteiger partial charge in [0.05, 0.1) is 24.0 Å². The van der Waals surface area contributed by atoms with E-state index in [1.165, 1.54) is 36.0 Å². The molecule has 1 aliphatic heterocycles. The van der Waals surface area contributed by atoms with Crippen LogP contribution in [0.5, 0.6) is 5.75 Å². The molecule has 0 atom stereocenters. The summed E-state index contributed by atoms with van der Waals surface area (Å²) in [6.45, 7) is 9.28. The molecule has 26 heavy (non-hydrogen) atoms. The number of anilines is 1. The first-order valence-corrected chi connectivity index (χ1v) is 9.84. The number of rotatable bonds is 6. The third kappa shape index (κ3) is 4.88. The van der Waals surface area contributed by atoms with Crippen molar-refractivity contribution in [1.29, 1.82) is 0 Å². The minimum absolute atomic E-state index is 0.586. The van der Waals surface area contributed by atoms with Crippen LogP contribution in [0, 0.1) is 26.7 Å². The van der Waals surface area contributed by atoms with E-state index in [-0.39, 0.29) is 0 Å². The lowest BCUT2D eigenvalue weighted by atomic mass is 9.92. The molecule has 140 valence electrons. The minimum atomic E-state index is 0.586. The lowest BCUT2D eigenvalue weighted by Gasteiger charge is -2.32. The molecule has 4 nitrogen and oxygen atoms in total. The van der Waals surface area contributed by atoms with Gasteiger partial charge in [0.1, 0.15) is 5.75 Å². The highest BCUT2D eigenvalue weighted by molar-refractivity contribution is 6.30. The van der Waals surface area contributed by atoms with Gasteiger partial charge in [-0.2, -0.15) is 0 Å². The fraction of sp³-hybridized carbons (Fsp3) is 0.524. The third-order valence-electron chi connectivity index (χ3n) is 5.43. The van der Waals surface area contributed by atoms with Crippen LogP contribution < -0.4 is 9.64 Å². The number of piperidine rings is 1. The first kappa shape index (κ1) is 19.0. The van der Waals surface area contributed by atoms with Gasteiger partial charge < -0.3 is 9.64 Å². The summed E-state index contributed by atoms with van der Waals surface area (Å²) in [5.41, 5.74) is 3.96. The molecule has 1 aromatic heterocycles. The smallest absolute Gasteiger partial charge is 0.225 e. The van der Waals surface area contributed by atoms with Gasteiger partial charge in [-0.15, -0.1) is 0 Å². The molecule has 1 saturated heterocycles. The zero-order valence-electron chi connectivity index (χ0n) is 16.0. The van der Waals surface area contributed by atoms with Crippen LogP contribution >= 0.6 is 11.6 Å². The monoisotopic (exact) mass is 373 g/mol. The van der Waals surface area contributed by atoms with E-state index >= 15 is 0 Å². The highest BCUT2D eigenvalue weighted by atomic mass is 35.5. The van der Waals surface area contributed by atoms with E-state index in [9.17, 15) is 0 Å². The second kappa shape index (κ2) is 8.72. The Morgan fingerprint density at radius 3 is 2.31 bits per heavy atom. The summed E-state index contributed by atoms with van der Waals surface area (Å²) in [7, 11) is 0. The molecule has 5 heteroatoms. The normalized spacial score (nSPS) is 15.3. The predicted octanol–water partition coefficient (Wildman–Crippen LogP) is 5.13. The summed E-state index contributed by atoms with van der Waals surface area (Å²) in [6, 6.07) is 4.29. The number of halogens is 1. The number of hydrogen-bond donors (Lipinski definition) is 0. The molecule has 3 rings (SSSR count). The Bertz CT molecular complexity index is 702. The molecule has 1 aromatic carbocycles. The van der Waals surface area contributed by atoms with E-state index in [1.54, 1.807) is 12.4 Å². The largest absolute Gasteiger partial charge is 0.494 e. The number of aryl methyl sites for hydroxylation is 2. The Morgan fingerprint density at radius 2 is 1.69 bits per heavy atom. The lowest BCUT2D eigenvalue weighted by molar-refractivity contribution is 0.278. The van der Waals surface area contributed by atoms with Gasteiger partial charge in [-0.05, 0) is 81.2 Å². The summed E-state index contributed by atoms with van der Waals surface area (Å²) >= 11 is 5.86. The molecular weight excluding hydrogens is 346 g/mol. The van der Waals surface area contributed by atoms with Crippen molar-refractivity contribution in [2.24, 2.45) is 5.92 Å². The summed E-state index contributed by atoms with van der Waals surface area (Å²) < 4.78 is 5.97. The number of benzene rings is 1. The zero-order valence-corrected chi connectivity index (χ0v) is 16.7. The van der Waals surface area contributed by atoms with Crippen LogP contribution in [-0.4, -0.2) is 29.7 Å². The van der Waals surface area contributed by atoms with Gasteiger partial charge in [-0.25, -0.2) is 9.97 Å². The van der Waals surface area contributed by atoms with Gasteiger partial charge in [0.2, 0.25) is 5.95 Å². The van der Waals surface area contributed by atoms with E-state index in [2.05, 4.69) is 47.8 Å². The Hall–Kier alpha value is -1.81.